The highest BCUT2D eigenvalue weighted by atomic mass is 79.9. The van der Waals surface area contributed by atoms with Gasteiger partial charge in [-0.25, -0.2) is 0 Å². The van der Waals surface area contributed by atoms with E-state index >= 15 is 0 Å². The minimum atomic E-state index is -4.28. The highest BCUT2D eigenvalue weighted by molar-refractivity contribution is 9.10. The third-order valence-corrected chi connectivity index (χ3v) is 8.53. The number of amides is 3. The van der Waals surface area contributed by atoms with Gasteiger partial charge in [0.05, 0.1) is 29.6 Å². The number of imide groups is 1. The first kappa shape index (κ1) is 31.9. The summed E-state index contributed by atoms with van der Waals surface area (Å²) in [5, 5.41) is 2.12. The summed E-state index contributed by atoms with van der Waals surface area (Å²) in [7, 11) is -2.76. The van der Waals surface area contributed by atoms with Crippen LogP contribution in [0.3, 0.4) is 0 Å². The van der Waals surface area contributed by atoms with Crippen LogP contribution in [0.15, 0.2) is 74.9 Å². The molecular formula is C29H27BrN2O9S2. The van der Waals surface area contributed by atoms with E-state index in [2.05, 4.69) is 21.2 Å². The Hall–Kier alpha value is -4.01. The summed E-state index contributed by atoms with van der Waals surface area (Å²) in [5.41, 5.74) is 0.899. The van der Waals surface area contributed by atoms with Crippen molar-refractivity contribution in [2.75, 3.05) is 32.2 Å². The molecule has 226 valence electrons. The van der Waals surface area contributed by atoms with Gasteiger partial charge < -0.3 is 23.7 Å². The number of anilines is 1. The Bertz CT molecular complexity index is 1680. The van der Waals surface area contributed by atoms with Gasteiger partial charge in [-0.2, -0.15) is 8.42 Å². The number of rotatable bonds is 12. The number of carbonyl (C=O) groups is 3. The van der Waals surface area contributed by atoms with Gasteiger partial charge in [0.2, 0.25) is 5.91 Å². The maximum absolute atomic E-state index is 13.0. The maximum atomic E-state index is 13.0. The van der Waals surface area contributed by atoms with Gasteiger partial charge >= 0.3 is 10.1 Å². The first-order valence-electron chi connectivity index (χ1n) is 12.8. The van der Waals surface area contributed by atoms with Crippen LogP contribution < -0.4 is 23.7 Å². The molecule has 43 heavy (non-hydrogen) atoms. The van der Waals surface area contributed by atoms with Crippen LogP contribution in [0.25, 0.3) is 6.08 Å². The molecule has 0 unspecified atom stereocenters. The molecule has 4 rings (SSSR count). The van der Waals surface area contributed by atoms with E-state index in [0.29, 0.717) is 22.7 Å². The summed E-state index contributed by atoms with van der Waals surface area (Å²) in [4.78, 5) is 38.0. The van der Waals surface area contributed by atoms with E-state index in [4.69, 9.17) is 18.4 Å². The minimum absolute atomic E-state index is 0.0321. The Morgan fingerprint density at radius 1 is 1.02 bits per heavy atom. The predicted octanol–water partition coefficient (Wildman–Crippen LogP) is 5.70. The van der Waals surface area contributed by atoms with Crippen molar-refractivity contribution in [3.63, 3.8) is 0 Å². The normalized spacial score (nSPS) is 14.1. The van der Waals surface area contributed by atoms with Gasteiger partial charge in [0, 0.05) is 12.6 Å². The molecule has 0 atom stereocenters. The monoisotopic (exact) mass is 690 g/mol. The van der Waals surface area contributed by atoms with E-state index in [0.717, 1.165) is 16.7 Å². The van der Waals surface area contributed by atoms with E-state index in [-0.39, 0.29) is 51.4 Å². The fourth-order valence-corrected chi connectivity index (χ4v) is 6.38. The Kier molecular flexibility index (Phi) is 10.4. The van der Waals surface area contributed by atoms with Crippen molar-refractivity contribution < 1.29 is 41.2 Å². The summed E-state index contributed by atoms with van der Waals surface area (Å²) in [6.45, 7) is 3.36. The molecule has 0 radical (unpaired) electrons. The molecule has 1 saturated heterocycles. The molecule has 0 aromatic heterocycles. The Morgan fingerprint density at radius 3 is 2.37 bits per heavy atom. The number of nitrogens with one attached hydrogen (secondary N) is 1. The van der Waals surface area contributed by atoms with E-state index < -0.39 is 21.3 Å². The first-order valence-corrected chi connectivity index (χ1v) is 15.8. The number of thioether (sulfide) groups is 1. The van der Waals surface area contributed by atoms with E-state index in [1.807, 2.05) is 0 Å². The average Bonchev–Trinajstić information content (AvgIpc) is 3.22. The SMILES string of the molecule is CCOc1cc(/C=C2\SC(=O)N(CCOc3ccccc3OC)C2=O)cc(Br)c1OS(=O)(=O)c1ccc(NC(C)=O)cc1. The molecule has 3 aromatic carbocycles. The number of carbonyl (C=O) groups excluding carboxylic acids is 3. The van der Waals surface area contributed by atoms with Crippen LogP contribution in [0.1, 0.15) is 19.4 Å². The third kappa shape index (κ3) is 7.89. The predicted molar refractivity (Wildman–Crippen MR) is 165 cm³/mol. The van der Waals surface area contributed by atoms with Gasteiger partial charge in [-0.1, -0.05) is 12.1 Å². The second-order valence-electron chi connectivity index (χ2n) is 8.84. The number of ether oxygens (including phenoxy) is 3. The third-order valence-electron chi connectivity index (χ3n) is 5.80. The second kappa shape index (κ2) is 14.0. The average molecular weight is 692 g/mol. The molecule has 0 aliphatic carbocycles. The maximum Gasteiger partial charge on any atom is 0.339 e. The molecule has 1 aliphatic heterocycles. The number of hydrogen-bond donors (Lipinski definition) is 1. The zero-order valence-electron chi connectivity index (χ0n) is 23.3. The second-order valence-corrected chi connectivity index (χ2v) is 12.2. The lowest BCUT2D eigenvalue weighted by Crippen LogP contribution is -2.32. The van der Waals surface area contributed by atoms with Gasteiger partial charge in [-0.3, -0.25) is 19.3 Å². The van der Waals surface area contributed by atoms with Crippen LogP contribution >= 0.6 is 27.7 Å². The van der Waals surface area contributed by atoms with Crippen LogP contribution in [0.4, 0.5) is 10.5 Å². The van der Waals surface area contributed by atoms with E-state index in [1.54, 1.807) is 37.3 Å². The molecule has 0 saturated carbocycles. The Morgan fingerprint density at radius 2 is 1.72 bits per heavy atom. The molecular weight excluding hydrogens is 664 g/mol. The largest absolute Gasteiger partial charge is 0.493 e. The molecule has 11 nitrogen and oxygen atoms in total. The fraction of sp³-hybridized carbons (Fsp3) is 0.207. The molecule has 1 fully saturated rings. The van der Waals surface area contributed by atoms with Crippen molar-refractivity contribution in [2.45, 2.75) is 18.7 Å². The molecule has 0 spiro atoms. The van der Waals surface area contributed by atoms with Crippen LogP contribution in [0.5, 0.6) is 23.0 Å². The zero-order chi connectivity index (χ0) is 31.1. The number of halogens is 1. The van der Waals surface area contributed by atoms with E-state index in [1.165, 1.54) is 50.4 Å². The lowest BCUT2D eigenvalue weighted by molar-refractivity contribution is -0.123. The molecule has 1 N–H and O–H groups in total. The van der Waals surface area contributed by atoms with E-state index in [9.17, 15) is 22.8 Å². The Balaban J connectivity index is 1.51. The van der Waals surface area contributed by atoms with Crippen LogP contribution in [0.2, 0.25) is 0 Å². The molecule has 1 heterocycles. The van der Waals surface area contributed by atoms with Crippen molar-refractivity contribution >= 4 is 66.6 Å². The summed E-state index contributed by atoms with van der Waals surface area (Å²) in [5.74, 6) is 0.260. The number of benzene rings is 3. The minimum Gasteiger partial charge on any atom is -0.493 e. The van der Waals surface area contributed by atoms with Crippen LogP contribution in [0, 0.1) is 0 Å². The first-order chi connectivity index (χ1) is 20.5. The van der Waals surface area contributed by atoms with Crippen LogP contribution in [-0.2, 0) is 19.7 Å². The van der Waals surface area contributed by atoms with Crippen molar-refractivity contribution in [1.82, 2.24) is 4.90 Å². The smallest absolute Gasteiger partial charge is 0.339 e. The lowest BCUT2D eigenvalue weighted by Gasteiger charge is -2.15. The van der Waals surface area contributed by atoms with Crippen molar-refractivity contribution in [3.05, 3.63) is 75.6 Å². The van der Waals surface area contributed by atoms with Crippen molar-refractivity contribution in [2.24, 2.45) is 0 Å². The summed E-state index contributed by atoms with van der Waals surface area (Å²) in [6, 6.07) is 15.6. The zero-order valence-corrected chi connectivity index (χ0v) is 26.5. The van der Waals surface area contributed by atoms with Gasteiger partial charge in [0.15, 0.2) is 23.0 Å². The summed E-state index contributed by atoms with van der Waals surface area (Å²) in [6.07, 6.45) is 1.51. The number of para-hydroxylation sites is 2. The molecule has 3 aromatic rings. The summed E-state index contributed by atoms with van der Waals surface area (Å²) < 4.78 is 48.3. The molecule has 1 aliphatic rings. The van der Waals surface area contributed by atoms with Gasteiger partial charge in [0.25, 0.3) is 11.1 Å². The lowest BCUT2D eigenvalue weighted by atomic mass is 10.2. The van der Waals surface area contributed by atoms with Crippen molar-refractivity contribution in [1.29, 1.82) is 0 Å². The number of methoxy groups -OCH3 is 1. The highest BCUT2D eigenvalue weighted by Crippen LogP contribution is 2.41. The van der Waals surface area contributed by atoms with Gasteiger partial charge in [-0.15, -0.1) is 0 Å². The standard InChI is InChI=1S/C29H27BrN2O9S2/c1-4-39-25-16-19(15-22(30)27(25)41-43(36,37)21-11-9-20(10-12-21)31-18(2)33)17-26-28(34)32(29(35)42-26)13-14-40-24-8-6-5-7-23(24)38-3/h5-12,15-17H,4,13-14H2,1-3H3,(H,31,33)/b26-17-. The Labute approximate surface area is 261 Å². The fourth-order valence-electron chi connectivity index (χ4n) is 3.91. The quantitative estimate of drug-likeness (QED) is 0.186. The van der Waals surface area contributed by atoms with Crippen LogP contribution in [-0.4, -0.2) is 57.2 Å². The van der Waals surface area contributed by atoms with Gasteiger partial charge in [0.1, 0.15) is 11.5 Å². The highest BCUT2D eigenvalue weighted by Gasteiger charge is 2.35. The van der Waals surface area contributed by atoms with Crippen molar-refractivity contribution in [3.8, 4) is 23.0 Å². The van der Waals surface area contributed by atoms with Gasteiger partial charge in [-0.05, 0) is 94.8 Å². The summed E-state index contributed by atoms with van der Waals surface area (Å²) >= 11 is 4.13. The molecule has 0 bridgehead atoms. The number of nitrogens with zero attached hydrogens (tertiary/aromatic N) is 1. The molecule has 14 heteroatoms. The topological polar surface area (TPSA) is 138 Å². The number of hydrogen-bond acceptors (Lipinski definition) is 10. The molecule has 3 amide bonds.